The second kappa shape index (κ2) is 7.57. The maximum absolute atomic E-state index is 12.9. The van der Waals surface area contributed by atoms with E-state index in [0.29, 0.717) is 0 Å². The highest BCUT2D eigenvalue weighted by atomic mass is 32.2. The van der Waals surface area contributed by atoms with Gasteiger partial charge in [0, 0.05) is 6.04 Å². The monoisotopic (exact) mass is 397 g/mol. The van der Waals surface area contributed by atoms with Crippen LogP contribution in [0.4, 0.5) is 0 Å². The Hall–Kier alpha value is -2.37. The van der Waals surface area contributed by atoms with E-state index in [1.807, 2.05) is 37.3 Å². The van der Waals surface area contributed by atoms with E-state index in [0.717, 1.165) is 22.1 Å². The molecule has 0 heterocycles. The van der Waals surface area contributed by atoms with E-state index >= 15 is 0 Å². The fraction of sp³-hybridized carbons (Fsp3) is 0.304. The number of benzene rings is 3. The maximum Gasteiger partial charge on any atom is 0.241 e. The van der Waals surface area contributed by atoms with Gasteiger partial charge in [0.1, 0.15) is 5.75 Å². The Morgan fingerprint density at radius 3 is 2.11 bits per heavy atom. The lowest BCUT2D eigenvalue weighted by Crippen LogP contribution is -2.27. The molecule has 0 aliphatic rings. The van der Waals surface area contributed by atoms with Crippen molar-refractivity contribution in [2.24, 2.45) is 0 Å². The van der Waals surface area contributed by atoms with Crippen molar-refractivity contribution in [1.29, 1.82) is 0 Å². The van der Waals surface area contributed by atoms with Crippen molar-refractivity contribution in [1.82, 2.24) is 4.72 Å². The number of sulfonamides is 1. The van der Waals surface area contributed by atoms with Crippen molar-refractivity contribution in [3.63, 3.8) is 0 Å². The predicted molar refractivity (Wildman–Crippen MR) is 114 cm³/mol. The smallest absolute Gasteiger partial charge is 0.241 e. The van der Waals surface area contributed by atoms with E-state index < -0.39 is 10.0 Å². The molecule has 0 radical (unpaired) electrons. The van der Waals surface area contributed by atoms with E-state index in [1.165, 1.54) is 5.56 Å². The second-order valence-electron chi connectivity index (χ2n) is 8.09. The Morgan fingerprint density at radius 1 is 0.893 bits per heavy atom. The summed E-state index contributed by atoms with van der Waals surface area (Å²) >= 11 is 0. The highest BCUT2D eigenvalue weighted by molar-refractivity contribution is 7.89. The van der Waals surface area contributed by atoms with Crippen LogP contribution in [-0.4, -0.2) is 15.5 Å². The van der Waals surface area contributed by atoms with Crippen LogP contribution in [-0.2, 0) is 15.4 Å². The summed E-state index contributed by atoms with van der Waals surface area (Å²) in [5, 5.41) is 1.79. The largest absolute Gasteiger partial charge is 0.497 e. The van der Waals surface area contributed by atoms with Crippen LogP contribution in [0.5, 0.6) is 5.75 Å². The molecular weight excluding hydrogens is 370 g/mol. The van der Waals surface area contributed by atoms with Gasteiger partial charge in [-0.15, -0.1) is 0 Å². The van der Waals surface area contributed by atoms with Gasteiger partial charge in [-0.05, 0) is 58.5 Å². The SMILES string of the molecule is COc1ccc2cc(S(=O)(=O)NC(C)c3ccc(C(C)(C)C)cc3)ccc2c1. The fourth-order valence-corrected chi connectivity index (χ4v) is 4.40. The molecule has 0 spiro atoms. The van der Waals surface area contributed by atoms with Crippen LogP contribution in [0.3, 0.4) is 0 Å². The molecule has 1 N–H and O–H groups in total. The molecule has 1 unspecified atom stereocenters. The van der Waals surface area contributed by atoms with Crippen LogP contribution < -0.4 is 9.46 Å². The lowest BCUT2D eigenvalue weighted by molar-refractivity contribution is 0.415. The summed E-state index contributed by atoms with van der Waals surface area (Å²) in [5.74, 6) is 0.744. The van der Waals surface area contributed by atoms with Crippen LogP contribution in [0, 0.1) is 0 Å². The van der Waals surface area contributed by atoms with E-state index in [4.69, 9.17) is 4.74 Å². The molecule has 0 amide bonds. The van der Waals surface area contributed by atoms with E-state index in [1.54, 1.807) is 25.3 Å². The summed E-state index contributed by atoms with van der Waals surface area (Å²) in [4.78, 5) is 0.253. The van der Waals surface area contributed by atoms with Gasteiger partial charge in [0.2, 0.25) is 10.0 Å². The van der Waals surface area contributed by atoms with Crippen molar-refractivity contribution in [3.8, 4) is 5.75 Å². The first-order valence-corrected chi connectivity index (χ1v) is 10.8. The Morgan fingerprint density at radius 2 is 1.50 bits per heavy atom. The number of fused-ring (bicyclic) bond motifs is 1. The zero-order chi connectivity index (χ0) is 20.5. The third-order valence-electron chi connectivity index (χ3n) is 4.94. The number of hydrogen-bond donors (Lipinski definition) is 1. The summed E-state index contributed by atoms with van der Waals surface area (Å²) in [7, 11) is -2.02. The first kappa shape index (κ1) is 20.4. The molecule has 0 bridgehead atoms. The summed E-state index contributed by atoms with van der Waals surface area (Å²) in [6.07, 6.45) is 0. The predicted octanol–water partition coefficient (Wildman–Crippen LogP) is 5.19. The van der Waals surface area contributed by atoms with Gasteiger partial charge in [0.05, 0.1) is 12.0 Å². The minimum atomic E-state index is -3.63. The Kier molecular flexibility index (Phi) is 5.50. The van der Waals surface area contributed by atoms with Crippen LogP contribution >= 0.6 is 0 Å². The molecule has 0 saturated heterocycles. The zero-order valence-corrected chi connectivity index (χ0v) is 17.8. The van der Waals surface area contributed by atoms with Gasteiger partial charge >= 0.3 is 0 Å². The molecule has 3 aromatic rings. The Balaban J connectivity index is 1.83. The molecule has 5 heteroatoms. The van der Waals surface area contributed by atoms with Gasteiger partial charge < -0.3 is 4.74 Å². The van der Waals surface area contributed by atoms with Gasteiger partial charge in [0.25, 0.3) is 0 Å². The molecule has 0 aromatic heterocycles. The van der Waals surface area contributed by atoms with Gasteiger partial charge in [-0.25, -0.2) is 13.1 Å². The molecule has 0 aliphatic carbocycles. The van der Waals surface area contributed by atoms with Crippen LogP contribution in [0.15, 0.2) is 65.6 Å². The number of hydrogen-bond acceptors (Lipinski definition) is 3. The lowest BCUT2D eigenvalue weighted by atomic mass is 9.86. The average molecular weight is 398 g/mol. The average Bonchev–Trinajstić information content (AvgIpc) is 2.66. The summed E-state index contributed by atoms with van der Waals surface area (Å²) < 4.78 is 33.7. The van der Waals surface area contributed by atoms with Crippen molar-refractivity contribution >= 4 is 20.8 Å². The van der Waals surface area contributed by atoms with Gasteiger partial charge in [-0.3, -0.25) is 0 Å². The van der Waals surface area contributed by atoms with E-state index in [9.17, 15) is 8.42 Å². The van der Waals surface area contributed by atoms with E-state index in [2.05, 4.69) is 37.6 Å². The molecule has 3 rings (SSSR count). The Bertz CT molecular complexity index is 1080. The fourth-order valence-electron chi connectivity index (χ4n) is 3.14. The van der Waals surface area contributed by atoms with Crippen LogP contribution in [0.1, 0.15) is 44.9 Å². The molecule has 28 heavy (non-hydrogen) atoms. The zero-order valence-electron chi connectivity index (χ0n) is 17.0. The van der Waals surface area contributed by atoms with Gasteiger partial charge in [-0.2, -0.15) is 0 Å². The molecule has 1 atom stereocenters. The van der Waals surface area contributed by atoms with E-state index in [-0.39, 0.29) is 16.4 Å². The molecule has 4 nitrogen and oxygen atoms in total. The van der Waals surface area contributed by atoms with Crippen LogP contribution in [0.2, 0.25) is 0 Å². The number of rotatable bonds is 5. The number of ether oxygens (including phenoxy) is 1. The molecule has 148 valence electrons. The number of nitrogens with one attached hydrogen (secondary N) is 1. The molecule has 0 aliphatic heterocycles. The third-order valence-corrected chi connectivity index (χ3v) is 6.48. The van der Waals surface area contributed by atoms with Crippen molar-refractivity contribution in [2.75, 3.05) is 7.11 Å². The normalized spacial score (nSPS) is 13.5. The van der Waals surface area contributed by atoms with Gasteiger partial charge in [-0.1, -0.05) is 57.2 Å². The van der Waals surface area contributed by atoms with Crippen molar-refractivity contribution in [2.45, 2.75) is 44.0 Å². The lowest BCUT2D eigenvalue weighted by Gasteiger charge is -2.21. The Labute approximate surface area is 167 Å². The number of methoxy groups -OCH3 is 1. The quantitative estimate of drug-likeness (QED) is 0.645. The third kappa shape index (κ3) is 4.37. The standard InChI is InChI=1S/C23H27NO3S/c1-16(17-6-10-20(11-7-17)23(2,3)4)24-28(25,26)22-13-9-18-14-21(27-5)12-8-19(18)15-22/h6-16,24H,1-5H3. The van der Waals surface area contributed by atoms with Gasteiger partial charge in [0.15, 0.2) is 0 Å². The molecule has 0 saturated carbocycles. The topological polar surface area (TPSA) is 55.4 Å². The highest BCUT2D eigenvalue weighted by Gasteiger charge is 2.20. The molecule has 3 aromatic carbocycles. The maximum atomic E-state index is 12.9. The summed E-state index contributed by atoms with van der Waals surface area (Å²) in [6.45, 7) is 8.33. The summed E-state index contributed by atoms with van der Waals surface area (Å²) in [5.41, 5.74) is 2.22. The van der Waals surface area contributed by atoms with Crippen molar-refractivity contribution in [3.05, 3.63) is 71.8 Å². The summed E-state index contributed by atoms with van der Waals surface area (Å²) in [6, 6.07) is 18.5. The first-order valence-electron chi connectivity index (χ1n) is 9.31. The molecule has 0 fully saturated rings. The first-order chi connectivity index (χ1) is 13.1. The second-order valence-corrected chi connectivity index (χ2v) is 9.80. The van der Waals surface area contributed by atoms with Crippen molar-refractivity contribution < 1.29 is 13.2 Å². The minimum absolute atomic E-state index is 0.0645. The minimum Gasteiger partial charge on any atom is -0.497 e. The highest BCUT2D eigenvalue weighted by Crippen LogP contribution is 2.26. The van der Waals surface area contributed by atoms with Crippen LogP contribution in [0.25, 0.3) is 10.8 Å². The molecular formula is C23H27NO3S.